The van der Waals surface area contributed by atoms with Gasteiger partial charge in [0.25, 0.3) is 0 Å². The molecule has 0 aromatic rings. The number of aliphatic hydroxyl groups is 2. The fraction of sp³-hybridized carbons (Fsp3) is 0.750. The maximum Gasteiger partial charge on any atom is 0.124 e. The lowest BCUT2D eigenvalue weighted by Gasteiger charge is -2.18. The number of aliphatic carboxylic acids is 2. The zero-order chi connectivity index (χ0) is 13.7. The minimum Gasteiger partial charge on any atom is -0.547 e. The Balaban J connectivity index is -0.000000235. The van der Waals surface area contributed by atoms with Gasteiger partial charge in [-0.3, -0.25) is 0 Å². The summed E-state index contributed by atoms with van der Waals surface area (Å²) in [4.78, 5) is 19.3. The van der Waals surface area contributed by atoms with Gasteiger partial charge in [0, 0.05) is 0 Å². The molecule has 0 aromatic heterocycles. The Bertz CT molecular complexity index is 167. The van der Waals surface area contributed by atoms with Crippen molar-refractivity contribution < 1.29 is 40.6 Å². The van der Waals surface area contributed by atoms with Crippen molar-refractivity contribution in [3.05, 3.63) is 0 Å². The van der Waals surface area contributed by atoms with Crippen LogP contribution in [-0.2, 0) is 9.59 Å². The summed E-state index contributed by atoms with van der Waals surface area (Å²) in [5.41, 5.74) is 0. The van der Waals surface area contributed by atoms with Gasteiger partial charge >= 0.3 is 0 Å². The van der Waals surface area contributed by atoms with Gasteiger partial charge in [-0.1, -0.05) is 0 Å². The number of hydrogen-bond acceptors (Lipinski definition) is 6. The second kappa shape index (κ2) is 13.8. The molecule has 0 heterocycles. The number of carbonyl (C=O) groups excluding carboxylic acids is 2. The van der Waals surface area contributed by atoms with Gasteiger partial charge in [-0.2, -0.15) is 0 Å². The van der Waals surface area contributed by atoms with Crippen molar-refractivity contribution in [2.24, 2.45) is 0 Å². The smallest absolute Gasteiger partial charge is 0.124 e. The molecule has 0 radical (unpaired) electrons. The zero-order valence-electron chi connectivity index (χ0n) is 9.84. The van der Waals surface area contributed by atoms with Crippen molar-refractivity contribution in [1.82, 2.24) is 0 Å². The largest absolute Gasteiger partial charge is 0.547 e. The summed E-state index contributed by atoms with van der Waals surface area (Å²) >= 11 is 0. The van der Waals surface area contributed by atoms with E-state index in [9.17, 15) is 19.8 Å². The average molecular weight is 240 g/mol. The molecule has 0 rings (SSSR count). The third kappa shape index (κ3) is 15.3. The van der Waals surface area contributed by atoms with E-state index in [-0.39, 0.29) is 0 Å². The molecule has 0 fully saturated rings. The molecule has 16 heavy (non-hydrogen) atoms. The fourth-order valence-electron chi connectivity index (χ4n) is 0.258. The molecule has 0 amide bonds. The van der Waals surface area contributed by atoms with Crippen LogP contribution in [0.5, 0.6) is 0 Å². The first-order chi connectivity index (χ1) is 7.29. The summed E-state index contributed by atoms with van der Waals surface area (Å²) in [6.45, 7) is 0. The van der Waals surface area contributed by atoms with Crippen LogP contribution in [0.3, 0.4) is 0 Å². The van der Waals surface area contributed by atoms with Crippen molar-refractivity contribution in [1.29, 1.82) is 0 Å². The van der Waals surface area contributed by atoms with Crippen LogP contribution >= 0.6 is 0 Å². The fourth-order valence-corrected chi connectivity index (χ4v) is 0.258. The number of carboxylic acid groups (broad SMARTS) is 2. The molecule has 2 unspecified atom stereocenters. The Labute approximate surface area is 93.9 Å². The predicted molar refractivity (Wildman–Crippen MR) is 49.6 cm³/mol. The van der Waals surface area contributed by atoms with E-state index in [1.807, 2.05) is 38.8 Å². The van der Waals surface area contributed by atoms with Gasteiger partial charge in [0.05, 0.1) is 40.1 Å². The molecule has 0 aliphatic heterocycles. The van der Waals surface area contributed by atoms with Crippen LogP contribution < -0.4 is 20.8 Å². The highest BCUT2D eigenvalue weighted by Crippen LogP contribution is 1.88. The zero-order valence-corrected chi connectivity index (χ0v) is 9.84. The van der Waals surface area contributed by atoms with Crippen molar-refractivity contribution in [3.8, 4) is 0 Å². The summed E-state index contributed by atoms with van der Waals surface area (Å²) in [7, 11) is 8.00. The second-order valence-electron chi connectivity index (χ2n) is 2.68. The van der Waals surface area contributed by atoms with Crippen molar-refractivity contribution in [3.63, 3.8) is 0 Å². The van der Waals surface area contributed by atoms with Gasteiger partial charge < -0.3 is 40.6 Å². The van der Waals surface area contributed by atoms with E-state index in [0.29, 0.717) is 0 Å². The van der Waals surface area contributed by atoms with Crippen LogP contribution in [0, 0.1) is 0 Å². The van der Waals surface area contributed by atoms with Crippen LogP contribution in [-0.4, -0.2) is 62.6 Å². The van der Waals surface area contributed by atoms with Crippen molar-refractivity contribution in [2.45, 2.75) is 12.2 Å². The summed E-state index contributed by atoms with van der Waals surface area (Å²) in [5.74, 6) is -4.12. The number of carbonyl (C=O) groups is 2. The molecule has 0 aliphatic rings. The number of nitrogens with two attached hydrogens (primary N) is 2. The van der Waals surface area contributed by atoms with E-state index in [2.05, 4.69) is 0 Å². The van der Waals surface area contributed by atoms with Gasteiger partial charge in [0.2, 0.25) is 0 Å². The number of rotatable bonds is 3. The number of hydrogen-bond donors (Lipinski definition) is 4. The minimum atomic E-state index is -2.44. The van der Waals surface area contributed by atoms with Gasteiger partial charge in [0.15, 0.2) is 0 Å². The average Bonchev–Trinajstić information content (AvgIpc) is 2.17. The third-order valence-corrected chi connectivity index (χ3v) is 0.782. The van der Waals surface area contributed by atoms with Crippen LogP contribution in [0.4, 0.5) is 0 Å². The first kappa shape index (κ1) is 20.2. The standard InChI is InChI=1S/C4H6O6.2C2H7N/c5-1(3(7)8)2(6)4(9)10;2*1-3-2/h1-2,5-6H,(H,7,8)(H,9,10);2*3H,1-2H3. The predicted octanol–water partition coefficient (Wildman–Crippen LogP) is -7.17. The highest BCUT2D eigenvalue weighted by molar-refractivity contribution is 5.80. The summed E-state index contributed by atoms with van der Waals surface area (Å²) in [6.07, 6.45) is -4.88. The van der Waals surface area contributed by atoms with Crippen LogP contribution in [0.15, 0.2) is 0 Å². The minimum absolute atomic E-state index is 2.00. The SMILES string of the molecule is C[NH2+]C.C[NH2+]C.O=C([O-])C(O)C(O)C(=O)[O-]. The first-order valence-corrected chi connectivity index (χ1v) is 4.55. The lowest BCUT2D eigenvalue weighted by Crippen LogP contribution is -2.74. The summed E-state index contributed by atoms with van der Waals surface area (Å²) in [5, 5.41) is 39.7. The molecule has 6 N–H and O–H groups in total. The lowest BCUT2D eigenvalue weighted by molar-refractivity contribution is -0.597. The molecule has 0 saturated heterocycles. The van der Waals surface area contributed by atoms with Crippen molar-refractivity contribution in [2.75, 3.05) is 28.2 Å². The molecule has 0 bridgehead atoms. The Morgan fingerprint density at radius 2 is 1.00 bits per heavy atom. The number of carboxylic acids is 2. The van der Waals surface area contributed by atoms with E-state index < -0.39 is 24.1 Å². The molecule has 0 aromatic carbocycles. The molecule has 8 heteroatoms. The highest BCUT2D eigenvalue weighted by Gasteiger charge is 2.17. The Morgan fingerprint density at radius 1 is 0.875 bits per heavy atom. The number of quaternary nitrogens is 2. The molecule has 0 spiro atoms. The molecule has 98 valence electrons. The summed E-state index contributed by atoms with van der Waals surface area (Å²) in [6, 6.07) is 0. The van der Waals surface area contributed by atoms with Gasteiger partial charge in [0.1, 0.15) is 12.2 Å². The highest BCUT2D eigenvalue weighted by atomic mass is 16.4. The molecule has 8 nitrogen and oxygen atoms in total. The molecule has 2 atom stereocenters. The Hall–Kier alpha value is -1.22. The molecular formula is C8H20N2O6. The maximum atomic E-state index is 9.63. The van der Waals surface area contributed by atoms with E-state index >= 15 is 0 Å². The topological polar surface area (TPSA) is 154 Å². The third-order valence-electron chi connectivity index (χ3n) is 0.782. The van der Waals surface area contributed by atoms with E-state index in [1.54, 1.807) is 0 Å². The van der Waals surface area contributed by atoms with Crippen LogP contribution in [0.2, 0.25) is 0 Å². The normalized spacial score (nSPS) is 12.1. The quantitative estimate of drug-likeness (QED) is 0.384. The summed E-state index contributed by atoms with van der Waals surface area (Å²) < 4.78 is 0. The van der Waals surface area contributed by atoms with Gasteiger partial charge in [-0.25, -0.2) is 0 Å². The number of aliphatic hydroxyl groups excluding tert-OH is 2. The molecule has 0 saturated carbocycles. The molecular weight excluding hydrogens is 220 g/mol. The second-order valence-corrected chi connectivity index (χ2v) is 2.68. The van der Waals surface area contributed by atoms with Crippen LogP contribution in [0.1, 0.15) is 0 Å². The van der Waals surface area contributed by atoms with Gasteiger partial charge in [-0.05, 0) is 0 Å². The first-order valence-electron chi connectivity index (χ1n) is 4.55. The van der Waals surface area contributed by atoms with E-state index in [4.69, 9.17) is 10.2 Å². The van der Waals surface area contributed by atoms with E-state index in [0.717, 1.165) is 0 Å². The Kier molecular flexibility index (Phi) is 17.4. The van der Waals surface area contributed by atoms with E-state index in [1.165, 1.54) is 0 Å². The maximum absolute atomic E-state index is 9.63. The van der Waals surface area contributed by atoms with Gasteiger partial charge in [-0.15, -0.1) is 0 Å². The Morgan fingerprint density at radius 3 is 1.06 bits per heavy atom. The monoisotopic (exact) mass is 240 g/mol. The molecule has 0 aliphatic carbocycles. The lowest BCUT2D eigenvalue weighted by atomic mass is 10.2. The van der Waals surface area contributed by atoms with Crippen LogP contribution in [0.25, 0.3) is 0 Å². The van der Waals surface area contributed by atoms with Crippen molar-refractivity contribution >= 4 is 11.9 Å².